The molecular formula is C31H37N7O5. The van der Waals surface area contributed by atoms with Crippen LogP contribution in [0, 0.1) is 39.9 Å². The van der Waals surface area contributed by atoms with Gasteiger partial charge in [0.25, 0.3) is 5.91 Å². The Kier molecular flexibility index (Phi) is 6.75. The van der Waals surface area contributed by atoms with Crippen molar-refractivity contribution in [2.75, 3.05) is 13.1 Å². The first-order valence-electron chi connectivity index (χ1n) is 14.8. The Hall–Kier alpha value is -4.40. The number of nitriles is 1. The highest BCUT2D eigenvalue weighted by Crippen LogP contribution is 2.65. The number of aromatic amines is 1. The van der Waals surface area contributed by atoms with Crippen LogP contribution in [0.3, 0.4) is 0 Å². The number of rotatable bonds is 2. The molecule has 5 amide bonds. The number of aromatic nitrogens is 1. The number of carbonyl (C=O) groups is 5. The van der Waals surface area contributed by atoms with Crippen molar-refractivity contribution in [1.29, 1.82) is 5.26 Å². The number of piperidine rings is 1. The highest BCUT2D eigenvalue weighted by molar-refractivity contribution is 6.01. The molecule has 4 aliphatic rings. The van der Waals surface area contributed by atoms with Crippen molar-refractivity contribution in [1.82, 2.24) is 31.2 Å². The summed E-state index contributed by atoms with van der Waals surface area (Å²) in [5.74, 6) is -2.77. The zero-order chi connectivity index (χ0) is 30.8. The largest absolute Gasteiger partial charge is 0.354 e. The fraction of sp³-hybridized carbons (Fsp3) is 0.548. The van der Waals surface area contributed by atoms with Crippen LogP contribution >= 0.6 is 0 Å². The molecule has 0 radical (unpaired) electrons. The highest BCUT2D eigenvalue weighted by atomic mass is 16.2. The Balaban J connectivity index is 1.36. The van der Waals surface area contributed by atoms with E-state index in [0.717, 1.165) is 10.9 Å². The average Bonchev–Trinajstić information content (AvgIpc) is 3.46. The van der Waals surface area contributed by atoms with E-state index in [1.807, 2.05) is 24.3 Å². The zero-order valence-electron chi connectivity index (χ0n) is 24.7. The second-order valence-electron chi connectivity index (χ2n) is 13.7. The molecule has 12 nitrogen and oxygen atoms in total. The molecule has 12 heteroatoms. The van der Waals surface area contributed by atoms with Crippen molar-refractivity contribution in [2.24, 2.45) is 28.6 Å². The molecule has 1 aliphatic carbocycles. The second-order valence-corrected chi connectivity index (χ2v) is 13.7. The molecule has 0 spiro atoms. The first-order valence-corrected chi connectivity index (χ1v) is 14.8. The van der Waals surface area contributed by atoms with Crippen LogP contribution in [0.1, 0.15) is 51.0 Å². The minimum absolute atomic E-state index is 0.0239. The van der Waals surface area contributed by atoms with Gasteiger partial charge in [-0.15, -0.1) is 0 Å². The van der Waals surface area contributed by atoms with E-state index in [1.54, 1.807) is 19.9 Å². The smallest absolute Gasteiger partial charge is 0.268 e. The lowest BCUT2D eigenvalue weighted by molar-refractivity contribution is -0.144. The molecule has 1 aromatic heterocycles. The molecule has 43 heavy (non-hydrogen) atoms. The molecule has 6 rings (SSSR count). The summed E-state index contributed by atoms with van der Waals surface area (Å²) < 4.78 is 0. The van der Waals surface area contributed by atoms with E-state index in [4.69, 9.17) is 0 Å². The molecular weight excluding hydrogens is 550 g/mol. The molecule has 5 N–H and O–H groups in total. The number of amides is 5. The van der Waals surface area contributed by atoms with Crippen LogP contribution in [0.2, 0.25) is 0 Å². The Labute approximate surface area is 249 Å². The molecule has 3 aliphatic heterocycles. The van der Waals surface area contributed by atoms with Crippen molar-refractivity contribution < 1.29 is 24.0 Å². The number of nitrogens with one attached hydrogen (secondary N) is 5. The molecule has 3 saturated heterocycles. The van der Waals surface area contributed by atoms with E-state index >= 15 is 0 Å². The van der Waals surface area contributed by atoms with E-state index in [9.17, 15) is 29.2 Å². The fourth-order valence-electron chi connectivity index (χ4n) is 7.32. The van der Waals surface area contributed by atoms with Gasteiger partial charge in [0.1, 0.15) is 29.9 Å². The van der Waals surface area contributed by atoms with Gasteiger partial charge in [-0.05, 0) is 42.2 Å². The van der Waals surface area contributed by atoms with Crippen molar-refractivity contribution >= 4 is 40.4 Å². The van der Waals surface area contributed by atoms with Crippen LogP contribution in [0.4, 0.5) is 0 Å². The normalized spacial score (nSPS) is 33.2. The summed E-state index contributed by atoms with van der Waals surface area (Å²) in [6, 6.07) is 7.52. The van der Waals surface area contributed by atoms with Gasteiger partial charge < -0.3 is 31.2 Å². The summed E-state index contributed by atoms with van der Waals surface area (Å²) in [5, 5.41) is 22.0. The molecule has 4 heterocycles. The first-order chi connectivity index (χ1) is 20.3. The number of H-pyrrole nitrogens is 1. The van der Waals surface area contributed by atoms with Crippen LogP contribution in [-0.4, -0.2) is 76.7 Å². The number of benzene rings is 1. The number of nitrogens with zero attached hydrogens (tertiary/aromatic N) is 2. The summed E-state index contributed by atoms with van der Waals surface area (Å²) in [6.07, 6.45) is 0.247. The van der Waals surface area contributed by atoms with Crippen LogP contribution in [0.15, 0.2) is 30.3 Å². The van der Waals surface area contributed by atoms with Crippen LogP contribution in [0.25, 0.3) is 10.9 Å². The molecule has 2 bridgehead atoms. The zero-order valence-corrected chi connectivity index (χ0v) is 24.7. The van der Waals surface area contributed by atoms with E-state index in [2.05, 4.69) is 46.2 Å². The third-order valence-electron chi connectivity index (χ3n) is 10.1. The van der Waals surface area contributed by atoms with Crippen molar-refractivity contribution in [3.8, 4) is 6.07 Å². The van der Waals surface area contributed by atoms with Gasteiger partial charge in [0.05, 0.1) is 6.07 Å². The second kappa shape index (κ2) is 10.1. The summed E-state index contributed by atoms with van der Waals surface area (Å²) in [6.45, 7) is 8.03. The molecule has 1 unspecified atom stereocenters. The van der Waals surface area contributed by atoms with Crippen LogP contribution in [-0.2, 0) is 19.2 Å². The molecule has 7 atom stereocenters. The van der Waals surface area contributed by atoms with Gasteiger partial charge in [0.2, 0.25) is 23.6 Å². The summed E-state index contributed by atoms with van der Waals surface area (Å²) >= 11 is 0. The summed E-state index contributed by atoms with van der Waals surface area (Å²) in [7, 11) is 0. The average molecular weight is 588 g/mol. The van der Waals surface area contributed by atoms with E-state index < -0.39 is 59.1 Å². The molecule has 2 aromatic rings. The van der Waals surface area contributed by atoms with E-state index in [0.29, 0.717) is 6.54 Å². The van der Waals surface area contributed by atoms with Crippen molar-refractivity contribution in [3.05, 3.63) is 36.0 Å². The Morgan fingerprint density at radius 1 is 1.02 bits per heavy atom. The van der Waals surface area contributed by atoms with Gasteiger partial charge in [-0.3, -0.25) is 24.0 Å². The number of fused-ring (bicyclic) bond motifs is 6. The first kappa shape index (κ1) is 28.7. The highest BCUT2D eigenvalue weighted by Gasteiger charge is 2.70. The SMILES string of the molecule is CC1(C)CNC(=O)[C@@H]2C[C@H](C[C@@H](C#N)NC(=O)[C@@H]3C4[C@H](CN3C(=O)[C@H]1NC(=O)c1cc3ccccc3[nH]1)C4(C)C)C(=O)N2. The summed E-state index contributed by atoms with van der Waals surface area (Å²) in [5.41, 5.74) is -0.111. The lowest BCUT2D eigenvalue weighted by Gasteiger charge is -2.39. The number of hydrogen-bond acceptors (Lipinski definition) is 6. The topological polar surface area (TPSA) is 176 Å². The van der Waals surface area contributed by atoms with Gasteiger partial charge in [-0.2, -0.15) is 5.26 Å². The maximum atomic E-state index is 14.4. The standard InChI is InChI=1S/C31H37N7O5/c1-30(2)14-33-26(40)20-11-16(25(39)36-20)9-17(12-32)34-28(42)23-22-18(31(22,3)4)13-38(23)29(43)24(30)37-27(41)21-10-15-7-5-6-8-19(15)35-21/h5-8,10,16-18,20,22-24,35H,9,11,13-14H2,1-4H3,(H,33,40)(H,34,42)(H,36,39)(H,37,41)/t16-,17-,18-,20-,22?,23-,24+/m0/s1. The number of para-hydroxylation sites is 1. The minimum Gasteiger partial charge on any atom is -0.354 e. The molecule has 4 fully saturated rings. The van der Waals surface area contributed by atoms with Gasteiger partial charge in [-0.1, -0.05) is 45.9 Å². The van der Waals surface area contributed by atoms with Gasteiger partial charge in [0, 0.05) is 35.3 Å². The third-order valence-corrected chi connectivity index (χ3v) is 10.1. The van der Waals surface area contributed by atoms with Crippen LogP contribution < -0.4 is 21.3 Å². The minimum atomic E-state index is -1.11. The monoisotopic (exact) mass is 587 g/mol. The third kappa shape index (κ3) is 4.90. The predicted molar refractivity (Wildman–Crippen MR) is 155 cm³/mol. The van der Waals surface area contributed by atoms with Crippen LogP contribution in [0.5, 0.6) is 0 Å². The Morgan fingerprint density at radius 3 is 2.49 bits per heavy atom. The lowest BCUT2D eigenvalue weighted by Crippen LogP contribution is -2.62. The molecule has 226 valence electrons. The quantitative estimate of drug-likeness (QED) is 0.347. The van der Waals surface area contributed by atoms with Gasteiger partial charge in [-0.25, -0.2) is 0 Å². The molecule has 1 aromatic carbocycles. The van der Waals surface area contributed by atoms with E-state index in [-0.39, 0.29) is 48.2 Å². The van der Waals surface area contributed by atoms with Crippen molar-refractivity contribution in [3.63, 3.8) is 0 Å². The Bertz CT molecular complexity index is 1540. The number of carbonyl (C=O) groups excluding carboxylic acids is 5. The maximum Gasteiger partial charge on any atom is 0.268 e. The molecule has 1 saturated carbocycles. The number of hydrogen-bond donors (Lipinski definition) is 5. The van der Waals surface area contributed by atoms with Crippen molar-refractivity contribution in [2.45, 2.75) is 64.7 Å². The summed E-state index contributed by atoms with van der Waals surface area (Å²) in [4.78, 5) is 72.3. The fourth-order valence-corrected chi connectivity index (χ4v) is 7.32. The lowest BCUT2D eigenvalue weighted by atomic mass is 9.82. The van der Waals surface area contributed by atoms with E-state index in [1.165, 1.54) is 4.90 Å². The van der Waals surface area contributed by atoms with Gasteiger partial charge >= 0.3 is 0 Å². The maximum absolute atomic E-state index is 14.4. The van der Waals surface area contributed by atoms with Gasteiger partial charge in [0.15, 0.2) is 0 Å². The Morgan fingerprint density at radius 2 is 1.77 bits per heavy atom. The predicted octanol–water partition coefficient (Wildman–Crippen LogP) is 0.808.